The van der Waals surface area contributed by atoms with Gasteiger partial charge in [-0.25, -0.2) is 0 Å². The van der Waals surface area contributed by atoms with Crippen LogP contribution in [0.15, 0.2) is 0 Å². The molecule has 8 nitrogen and oxygen atoms in total. The van der Waals surface area contributed by atoms with Crippen molar-refractivity contribution in [2.45, 2.75) is 82.7 Å². The van der Waals surface area contributed by atoms with Gasteiger partial charge in [-0.3, -0.25) is 9.59 Å². The molecular formula is C25H46N2O6. The Bertz CT molecular complexity index is 527. The molecule has 2 aliphatic carbocycles. The molecule has 0 bridgehead atoms. The Morgan fingerprint density at radius 2 is 1.09 bits per heavy atom. The van der Waals surface area contributed by atoms with Crippen LogP contribution in [-0.4, -0.2) is 88.8 Å². The summed E-state index contributed by atoms with van der Waals surface area (Å²) in [6.45, 7) is 1.58. The fourth-order valence-electron chi connectivity index (χ4n) is 5.70. The van der Waals surface area contributed by atoms with Crippen LogP contribution < -0.4 is 0 Å². The highest BCUT2D eigenvalue weighted by Crippen LogP contribution is 2.38. The highest BCUT2D eigenvalue weighted by Gasteiger charge is 2.34. The molecule has 2 aliphatic rings. The largest absolute Gasteiger partial charge is 0.384 e. The number of carbonyl (C=O) groups excluding carboxylic acids is 2. The molecule has 4 unspecified atom stereocenters. The van der Waals surface area contributed by atoms with Crippen LogP contribution in [0.25, 0.3) is 0 Å². The van der Waals surface area contributed by atoms with Crippen LogP contribution in [0.3, 0.4) is 0 Å². The molecule has 2 saturated carbocycles. The lowest BCUT2D eigenvalue weighted by atomic mass is 9.74. The molecule has 192 valence electrons. The van der Waals surface area contributed by atoms with Crippen LogP contribution in [0.1, 0.15) is 70.6 Å². The van der Waals surface area contributed by atoms with Crippen molar-refractivity contribution < 1.29 is 28.5 Å². The Balaban J connectivity index is 1.94. The topological polar surface area (TPSA) is 77.5 Å². The van der Waals surface area contributed by atoms with E-state index in [9.17, 15) is 9.59 Å². The fraction of sp³-hybridized carbons (Fsp3) is 0.920. The summed E-state index contributed by atoms with van der Waals surface area (Å²) in [7, 11) is 6.55. The molecule has 0 N–H and O–H groups in total. The van der Waals surface area contributed by atoms with Crippen LogP contribution in [-0.2, 0) is 28.5 Å². The molecule has 0 heterocycles. The SMILES string of the molecule is COCCC(=O)N(COC)C1CCCC(CC2CCCC(N(COC)C(=O)CCOC)C2)C1. The number of amides is 2. The second kappa shape index (κ2) is 15.6. The molecular weight excluding hydrogens is 424 g/mol. The molecule has 33 heavy (non-hydrogen) atoms. The van der Waals surface area contributed by atoms with E-state index in [1.54, 1.807) is 28.4 Å². The van der Waals surface area contributed by atoms with Gasteiger partial charge in [0.15, 0.2) is 0 Å². The number of hydrogen-bond acceptors (Lipinski definition) is 6. The summed E-state index contributed by atoms with van der Waals surface area (Å²) < 4.78 is 20.9. The maximum absolute atomic E-state index is 12.7. The van der Waals surface area contributed by atoms with E-state index in [-0.39, 0.29) is 23.9 Å². The molecule has 2 rings (SSSR count). The molecule has 0 aromatic rings. The Morgan fingerprint density at radius 3 is 1.45 bits per heavy atom. The number of methoxy groups -OCH3 is 4. The summed E-state index contributed by atoms with van der Waals surface area (Å²) in [5, 5.41) is 0. The molecule has 0 spiro atoms. The van der Waals surface area contributed by atoms with Gasteiger partial charge in [0, 0.05) is 40.5 Å². The van der Waals surface area contributed by atoms with Gasteiger partial charge in [-0.1, -0.05) is 25.7 Å². The van der Waals surface area contributed by atoms with Crippen molar-refractivity contribution in [3.8, 4) is 0 Å². The standard InChI is InChI=1S/C25H46N2O6/c1-30-13-11-24(28)26(18-32-3)22-9-5-7-20(16-22)15-21-8-6-10-23(17-21)27(19-33-4)25(29)12-14-31-2/h20-23H,5-19H2,1-4H3. The van der Waals surface area contributed by atoms with Crippen molar-refractivity contribution in [1.29, 1.82) is 0 Å². The molecule has 0 aliphatic heterocycles. The Hall–Kier alpha value is -1.22. The first kappa shape index (κ1) is 28.0. The van der Waals surface area contributed by atoms with Crippen molar-refractivity contribution in [1.82, 2.24) is 9.80 Å². The van der Waals surface area contributed by atoms with Crippen LogP contribution >= 0.6 is 0 Å². The Kier molecular flexibility index (Phi) is 13.3. The zero-order valence-corrected chi connectivity index (χ0v) is 21.3. The molecule has 0 aromatic carbocycles. The first-order valence-electron chi connectivity index (χ1n) is 12.6. The molecule has 2 amide bonds. The van der Waals surface area contributed by atoms with Gasteiger partial charge in [-0.15, -0.1) is 0 Å². The highest BCUT2D eigenvalue weighted by molar-refractivity contribution is 5.77. The minimum atomic E-state index is 0.117. The third-order valence-corrected chi connectivity index (χ3v) is 7.28. The lowest BCUT2D eigenvalue weighted by Gasteiger charge is -2.41. The zero-order valence-electron chi connectivity index (χ0n) is 21.3. The minimum absolute atomic E-state index is 0.117. The molecule has 0 aromatic heterocycles. The van der Waals surface area contributed by atoms with E-state index < -0.39 is 0 Å². The summed E-state index contributed by atoms with van der Waals surface area (Å²) in [6, 6.07) is 0.487. The zero-order chi connectivity index (χ0) is 24.1. The molecule has 2 fully saturated rings. The summed E-state index contributed by atoms with van der Waals surface area (Å²) in [5.74, 6) is 1.46. The Morgan fingerprint density at radius 1 is 0.667 bits per heavy atom. The van der Waals surface area contributed by atoms with E-state index in [0.29, 0.717) is 51.4 Å². The fourth-order valence-corrected chi connectivity index (χ4v) is 5.70. The third kappa shape index (κ3) is 9.15. The number of rotatable bonds is 14. The van der Waals surface area contributed by atoms with E-state index in [0.717, 1.165) is 38.5 Å². The molecule has 0 radical (unpaired) electrons. The average Bonchev–Trinajstić information content (AvgIpc) is 2.83. The third-order valence-electron chi connectivity index (χ3n) is 7.28. The molecule has 0 saturated heterocycles. The van der Waals surface area contributed by atoms with Gasteiger partial charge in [0.1, 0.15) is 13.5 Å². The summed E-state index contributed by atoms with van der Waals surface area (Å²) in [4.78, 5) is 29.3. The van der Waals surface area contributed by atoms with Crippen molar-refractivity contribution in [3.05, 3.63) is 0 Å². The highest BCUT2D eigenvalue weighted by atomic mass is 16.5. The number of nitrogens with zero attached hydrogens (tertiary/aromatic N) is 2. The Labute approximate surface area is 200 Å². The first-order valence-corrected chi connectivity index (χ1v) is 12.6. The summed E-state index contributed by atoms with van der Waals surface area (Å²) in [6.07, 6.45) is 10.9. The van der Waals surface area contributed by atoms with Crippen LogP contribution in [0, 0.1) is 11.8 Å². The normalized spacial score (nSPS) is 25.6. The summed E-state index contributed by atoms with van der Waals surface area (Å²) >= 11 is 0. The first-order chi connectivity index (χ1) is 16.0. The van der Waals surface area contributed by atoms with Gasteiger partial charge in [0.2, 0.25) is 11.8 Å². The van der Waals surface area contributed by atoms with Crippen LogP contribution in [0.5, 0.6) is 0 Å². The van der Waals surface area contributed by atoms with Crippen LogP contribution in [0.4, 0.5) is 0 Å². The van der Waals surface area contributed by atoms with Crippen molar-refractivity contribution in [2.24, 2.45) is 11.8 Å². The lowest BCUT2D eigenvalue weighted by Crippen LogP contribution is -2.45. The van der Waals surface area contributed by atoms with E-state index in [1.807, 2.05) is 9.80 Å². The van der Waals surface area contributed by atoms with Gasteiger partial charge in [-0.05, 0) is 43.9 Å². The van der Waals surface area contributed by atoms with Crippen molar-refractivity contribution >= 4 is 11.8 Å². The minimum Gasteiger partial charge on any atom is -0.384 e. The second-order valence-electron chi connectivity index (χ2n) is 9.66. The lowest BCUT2D eigenvalue weighted by molar-refractivity contribution is -0.141. The van der Waals surface area contributed by atoms with Crippen molar-refractivity contribution in [2.75, 3.05) is 55.1 Å². The van der Waals surface area contributed by atoms with Gasteiger partial charge in [-0.2, -0.15) is 0 Å². The van der Waals surface area contributed by atoms with Gasteiger partial charge in [0.25, 0.3) is 0 Å². The molecule has 8 heteroatoms. The van der Waals surface area contributed by atoms with E-state index in [2.05, 4.69) is 0 Å². The van der Waals surface area contributed by atoms with Crippen LogP contribution in [0.2, 0.25) is 0 Å². The average molecular weight is 471 g/mol. The van der Waals surface area contributed by atoms with E-state index in [4.69, 9.17) is 18.9 Å². The van der Waals surface area contributed by atoms with E-state index in [1.165, 1.54) is 19.3 Å². The van der Waals surface area contributed by atoms with Gasteiger partial charge < -0.3 is 28.7 Å². The van der Waals surface area contributed by atoms with E-state index >= 15 is 0 Å². The predicted molar refractivity (Wildman–Crippen MR) is 127 cm³/mol. The maximum atomic E-state index is 12.7. The summed E-state index contributed by atoms with van der Waals surface area (Å²) in [5.41, 5.74) is 0. The van der Waals surface area contributed by atoms with Gasteiger partial charge in [0.05, 0.1) is 26.1 Å². The van der Waals surface area contributed by atoms with Gasteiger partial charge >= 0.3 is 0 Å². The smallest absolute Gasteiger partial charge is 0.226 e. The van der Waals surface area contributed by atoms with Crippen molar-refractivity contribution in [3.63, 3.8) is 0 Å². The number of ether oxygens (including phenoxy) is 4. The monoisotopic (exact) mass is 470 g/mol. The molecule has 4 atom stereocenters. The number of carbonyl (C=O) groups is 2. The quantitative estimate of drug-likeness (QED) is 0.362. The second-order valence-corrected chi connectivity index (χ2v) is 9.66. The maximum Gasteiger partial charge on any atom is 0.226 e. The number of hydrogen-bond donors (Lipinski definition) is 0. The predicted octanol–water partition coefficient (Wildman–Crippen LogP) is 3.43.